The van der Waals surface area contributed by atoms with Crippen LogP contribution in [0.5, 0.6) is 0 Å². The third-order valence-corrected chi connectivity index (χ3v) is 4.44. The molecule has 1 saturated heterocycles. The molecule has 3 rings (SSSR count). The molecule has 2 aliphatic rings. The molecule has 0 aromatic carbocycles. The van der Waals surface area contributed by atoms with E-state index in [4.69, 9.17) is 0 Å². The van der Waals surface area contributed by atoms with Crippen molar-refractivity contribution in [2.75, 3.05) is 7.05 Å². The van der Waals surface area contributed by atoms with E-state index in [0.717, 1.165) is 15.4 Å². The Bertz CT molecular complexity index is 600. The highest BCUT2D eigenvalue weighted by molar-refractivity contribution is 7.08. The van der Waals surface area contributed by atoms with Crippen molar-refractivity contribution in [3.05, 3.63) is 21.9 Å². The lowest BCUT2D eigenvalue weighted by Crippen LogP contribution is -2.60. The number of likely N-dealkylation sites (tertiary alicyclic amines) is 1. The number of fused-ring (bicyclic) bond motifs is 1. The average Bonchev–Trinajstić information content (AvgIpc) is 2.96. The molecule has 7 heteroatoms. The Morgan fingerprint density at radius 1 is 1.32 bits per heavy atom. The number of carbonyl (C=O) groups is 3. The van der Waals surface area contributed by atoms with Gasteiger partial charge in [0.15, 0.2) is 0 Å². The minimum Gasteiger partial charge on any atom is -0.294 e. The molecule has 5 nitrogen and oxygen atoms in total. The SMILES string of the molecule is CN1C(=O)CC[C@@](F)(N2Cc3cscc3C2=O)C1=O. The highest BCUT2D eigenvalue weighted by Gasteiger charge is 2.54. The van der Waals surface area contributed by atoms with E-state index >= 15 is 0 Å². The van der Waals surface area contributed by atoms with Crippen LogP contribution in [0.1, 0.15) is 28.8 Å². The zero-order chi connectivity index (χ0) is 13.8. The average molecular weight is 282 g/mol. The molecular weight excluding hydrogens is 271 g/mol. The molecule has 19 heavy (non-hydrogen) atoms. The summed E-state index contributed by atoms with van der Waals surface area (Å²) in [6.07, 6.45) is -0.343. The van der Waals surface area contributed by atoms with E-state index in [-0.39, 0.29) is 19.4 Å². The quantitative estimate of drug-likeness (QED) is 0.573. The van der Waals surface area contributed by atoms with Crippen molar-refractivity contribution < 1.29 is 18.8 Å². The third kappa shape index (κ3) is 1.54. The van der Waals surface area contributed by atoms with Gasteiger partial charge in [-0.15, -0.1) is 0 Å². The van der Waals surface area contributed by atoms with Gasteiger partial charge in [-0.2, -0.15) is 11.3 Å². The lowest BCUT2D eigenvalue weighted by Gasteiger charge is -2.38. The molecule has 0 saturated carbocycles. The van der Waals surface area contributed by atoms with Crippen LogP contribution in [-0.2, 0) is 16.1 Å². The summed E-state index contributed by atoms with van der Waals surface area (Å²) in [5.41, 5.74) is 1.19. The number of nitrogens with zero attached hydrogens (tertiary/aromatic N) is 2. The number of alkyl halides is 1. The van der Waals surface area contributed by atoms with Gasteiger partial charge in [-0.05, 0) is 10.9 Å². The first-order valence-electron chi connectivity index (χ1n) is 5.82. The van der Waals surface area contributed by atoms with Crippen molar-refractivity contribution in [1.82, 2.24) is 9.80 Å². The zero-order valence-electron chi connectivity index (χ0n) is 10.2. The van der Waals surface area contributed by atoms with Crippen molar-refractivity contribution in [3.8, 4) is 0 Å². The Morgan fingerprint density at radius 3 is 2.74 bits per heavy atom. The highest BCUT2D eigenvalue weighted by Crippen LogP contribution is 2.38. The van der Waals surface area contributed by atoms with Crippen LogP contribution in [0.3, 0.4) is 0 Å². The molecule has 1 aromatic rings. The van der Waals surface area contributed by atoms with Crippen LogP contribution in [-0.4, -0.2) is 40.4 Å². The van der Waals surface area contributed by atoms with Crippen molar-refractivity contribution in [2.45, 2.75) is 25.2 Å². The van der Waals surface area contributed by atoms with Crippen LogP contribution in [0.25, 0.3) is 0 Å². The summed E-state index contributed by atoms with van der Waals surface area (Å²) in [4.78, 5) is 37.2. The van der Waals surface area contributed by atoms with Gasteiger partial charge in [0, 0.05) is 25.3 Å². The third-order valence-electron chi connectivity index (χ3n) is 3.65. The van der Waals surface area contributed by atoms with Gasteiger partial charge in [0.05, 0.1) is 12.1 Å². The first-order valence-corrected chi connectivity index (χ1v) is 6.76. The van der Waals surface area contributed by atoms with Crippen LogP contribution in [0.15, 0.2) is 10.8 Å². The molecule has 3 amide bonds. The zero-order valence-corrected chi connectivity index (χ0v) is 11.0. The lowest BCUT2D eigenvalue weighted by atomic mass is 10.00. The van der Waals surface area contributed by atoms with E-state index in [2.05, 4.69) is 0 Å². The van der Waals surface area contributed by atoms with Gasteiger partial charge >= 0.3 is 0 Å². The predicted molar refractivity (Wildman–Crippen MR) is 65.0 cm³/mol. The maximum Gasteiger partial charge on any atom is 0.287 e. The molecule has 0 unspecified atom stereocenters. The van der Waals surface area contributed by atoms with E-state index in [0.29, 0.717) is 5.56 Å². The largest absolute Gasteiger partial charge is 0.294 e. The second kappa shape index (κ2) is 3.86. The van der Waals surface area contributed by atoms with Crippen molar-refractivity contribution in [2.24, 2.45) is 0 Å². The standard InChI is InChI=1S/C12H11FN2O3S/c1-14-9(16)2-3-12(13,11(14)18)15-4-7-5-19-6-8(7)10(15)17/h5-6H,2-4H2,1H3/t12-/m1/s1. The van der Waals surface area contributed by atoms with Crippen LogP contribution in [0.4, 0.5) is 4.39 Å². The predicted octanol–water partition coefficient (Wildman–Crippen LogP) is 1.15. The highest BCUT2D eigenvalue weighted by atomic mass is 32.1. The van der Waals surface area contributed by atoms with Crippen LogP contribution < -0.4 is 0 Å². The molecule has 0 aliphatic carbocycles. The number of likely N-dealkylation sites (N-methyl/N-ethyl adjacent to an activating group) is 1. The van der Waals surface area contributed by atoms with Crippen molar-refractivity contribution >= 4 is 29.1 Å². The molecule has 2 aliphatic heterocycles. The Kier molecular flexibility index (Phi) is 2.50. The number of hydrogen-bond acceptors (Lipinski definition) is 4. The van der Waals surface area contributed by atoms with Crippen LogP contribution in [0, 0.1) is 0 Å². The molecule has 0 radical (unpaired) electrons. The van der Waals surface area contributed by atoms with E-state index in [1.54, 1.807) is 10.8 Å². The molecule has 1 fully saturated rings. The fraction of sp³-hybridized carbons (Fsp3) is 0.417. The van der Waals surface area contributed by atoms with Gasteiger partial charge < -0.3 is 0 Å². The van der Waals surface area contributed by atoms with E-state index in [1.807, 2.05) is 0 Å². The summed E-state index contributed by atoms with van der Waals surface area (Å²) in [6, 6.07) is 0. The number of piperidine rings is 1. The maximum atomic E-state index is 15.0. The topological polar surface area (TPSA) is 57.7 Å². The van der Waals surface area contributed by atoms with E-state index < -0.39 is 23.5 Å². The molecule has 3 heterocycles. The fourth-order valence-corrected chi connectivity index (χ4v) is 3.30. The number of halogens is 1. The number of imide groups is 1. The number of carbonyl (C=O) groups excluding carboxylic acids is 3. The second-order valence-electron chi connectivity index (χ2n) is 4.72. The Balaban J connectivity index is 1.95. The maximum absolute atomic E-state index is 15.0. The summed E-state index contributed by atoms with van der Waals surface area (Å²) in [6.45, 7) is 0.0853. The van der Waals surface area contributed by atoms with E-state index in [9.17, 15) is 18.8 Å². The number of hydrogen-bond donors (Lipinski definition) is 0. The minimum atomic E-state index is -2.41. The fourth-order valence-electron chi connectivity index (χ4n) is 2.48. The molecule has 0 bridgehead atoms. The molecule has 0 spiro atoms. The molecule has 100 valence electrons. The van der Waals surface area contributed by atoms with Crippen LogP contribution in [0.2, 0.25) is 0 Å². The van der Waals surface area contributed by atoms with Gasteiger partial charge in [0.25, 0.3) is 17.6 Å². The van der Waals surface area contributed by atoms with Gasteiger partial charge in [-0.3, -0.25) is 24.2 Å². The molecular formula is C12H11FN2O3S. The smallest absolute Gasteiger partial charge is 0.287 e. The Hall–Kier alpha value is -1.76. The van der Waals surface area contributed by atoms with Gasteiger partial charge in [0.1, 0.15) is 0 Å². The van der Waals surface area contributed by atoms with E-state index in [1.165, 1.54) is 18.4 Å². The van der Waals surface area contributed by atoms with Gasteiger partial charge in [-0.25, -0.2) is 4.39 Å². The van der Waals surface area contributed by atoms with Crippen LogP contribution >= 0.6 is 11.3 Å². The number of amides is 3. The Morgan fingerprint density at radius 2 is 2.05 bits per heavy atom. The normalized spacial score (nSPS) is 27.2. The summed E-state index contributed by atoms with van der Waals surface area (Å²) in [5, 5.41) is 3.43. The molecule has 1 aromatic heterocycles. The van der Waals surface area contributed by atoms with Crippen molar-refractivity contribution in [1.29, 1.82) is 0 Å². The Labute approximate surface area is 112 Å². The van der Waals surface area contributed by atoms with Crippen molar-refractivity contribution in [3.63, 3.8) is 0 Å². The first kappa shape index (κ1) is 12.3. The summed E-state index contributed by atoms with van der Waals surface area (Å²) >= 11 is 1.38. The first-order chi connectivity index (χ1) is 8.95. The number of rotatable bonds is 1. The lowest BCUT2D eigenvalue weighted by molar-refractivity contribution is -0.168. The molecule has 0 N–H and O–H groups in total. The summed E-state index contributed by atoms with van der Waals surface area (Å²) < 4.78 is 15.0. The molecule has 1 atom stereocenters. The second-order valence-corrected chi connectivity index (χ2v) is 5.46. The minimum absolute atomic E-state index is 0.0740. The summed E-state index contributed by atoms with van der Waals surface area (Å²) in [7, 11) is 1.24. The number of thiophene rings is 1. The summed E-state index contributed by atoms with van der Waals surface area (Å²) in [5.74, 6) is -4.25. The van der Waals surface area contributed by atoms with Gasteiger partial charge in [0.2, 0.25) is 5.91 Å². The monoisotopic (exact) mass is 282 g/mol. The van der Waals surface area contributed by atoms with Gasteiger partial charge in [-0.1, -0.05) is 0 Å².